The molecule has 3 heterocycles. The smallest absolute Gasteiger partial charge is 0.259 e. The third kappa shape index (κ3) is 6.55. The van der Waals surface area contributed by atoms with Gasteiger partial charge in [-0.05, 0) is 63.5 Å². The second kappa shape index (κ2) is 13.2. The molecule has 11 nitrogen and oxygen atoms in total. The normalized spacial score (nSPS) is 29.3. The van der Waals surface area contributed by atoms with Crippen LogP contribution in [-0.2, 0) is 24.4 Å². The summed E-state index contributed by atoms with van der Waals surface area (Å²) in [5.74, 6) is -2.91. The van der Waals surface area contributed by atoms with Gasteiger partial charge in [-0.3, -0.25) is 19.1 Å². The number of hydrogen-bond donors (Lipinski definition) is 3. The number of nitrogens with one attached hydrogen (secondary N) is 2. The first kappa shape index (κ1) is 33.6. The van der Waals surface area contributed by atoms with E-state index in [1.807, 2.05) is 72.8 Å². The van der Waals surface area contributed by atoms with Crippen molar-refractivity contribution in [1.82, 2.24) is 15.0 Å². The van der Waals surface area contributed by atoms with Gasteiger partial charge in [0.2, 0.25) is 15.9 Å². The molecule has 8 rings (SSSR count). The van der Waals surface area contributed by atoms with E-state index >= 15 is 0 Å². The van der Waals surface area contributed by atoms with Crippen molar-refractivity contribution < 1.29 is 32.0 Å². The maximum atomic E-state index is 14.3. The van der Waals surface area contributed by atoms with Crippen LogP contribution in [0.1, 0.15) is 64.2 Å². The van der Waals surface area contributed by atoms with Crippen LogP contribution in [0.25, 0.3) is 33.3 Å². The zero-order chi connectivity index (χ0) is 35.3. The lowest BCUT2D eigenvalue weighted by molar-refractivity contribution is -0.135. The molecule has 2 amide bonds. The fraction of sp³-hybridized carbons (Fsp3) is 0.436. The average Bonchev–Trinajstić information content (AvgIpc) is 4.02. The fourth-order valence-electron chi connectivity index (χ4n) is 7.83. The molecule has 266 valence electrons. The molecule has 1 aliphatic heterocycles. The Morgan fingerprint density at radius 1 is 0.980 bits per heavy atom. The van der Waals surface area contributed by atoms with E-state index in [4.69, 9.17) is 19.9 Å². The summed E-state index contributed by atoms with van der Waals surface area (Å²) in [6.07, 6.45) is 8.90. The zero-order valence-electron chi connectivity index (χ0n) is 28.3. The van der Waals surface area contributed by atoms with Crippen LogP contribution in [0.3, 0.4) is 0 Å². The summed E-state index contributed by atoms with van der Waals surface area (Å²) in [5.41, 5.74) is 8.43. The first-order valence-corrected chi connectivity index (χ1v) is 19.6. The Morgan fingerprint density at radius 3 is 2.55 bits per heavy atom. The molecule has 0 saturated heterocycles. The van der Waals surface area contributed by atoms with Crippen molar-refractivity contribution in [3.05, 3.63) is 72.8 Å². The number of nitrogens with zero attached hydrogens (tertiary/aromatic N) is 1. The zero-order valence-corrected chi connectivity index (χ0v) is 29.1. The summed E-state index contributed by atoms with van der Waals surface area (Å²) in [6.45, 7) is 0. The first-order chi connectivity index (χ1) is 24.6. The number of allylic oxidation sites excluding steroid dienone is 1. The molecule has 4 N–H and O–H groups in total. The summed E-state index contributed by atoms with van der Waals surface area (Å²) in [6, 6.07) is 18.5. The highest BCUT2D eigenvalue weighted by Crippen LogP contribution is 2.47. The predicted molar refractivity (Wildman–Crippen MR) is 192 cm³/mol. The number of carbonyl (C=O) groups is 3. The second-order valence-corrected chi connectivity index (χ2v) is 16.6. The molecular weight excluding hydrogens is 669 g/mol. The highest BCUT2D eigenvalue weighted by molar-refractivity contribution is 7.91. The number of fused-ring (bicyclic) bond motifs is 5. The van der Waals surface area contributed by atoms with Gasteiger partial charge in [-0.1, -0.05) is 67.5 Å². The molecule has 3 fully saturated rings. The minimum absolute atomic E-state index is 0.193. The van der Waals surface area contributed by atoms with Crippen molar-refractivity contribution in [1.29, 1.82) is 0 Å². The topological polar surface area (TPSA) is 171 Å². The Labute approximate surface area is 296 Å². The number of sulfonamides is 1. The number of furan rings is 1. The molecule has 0 radical (unpaired) electrons. The molecule has 1 unspecified atom stereocenters. The number of para-hydroxylation sites is 1. The maximum Gasteiger partial charge on any atom is 0.259 e. The Bertz CT molecular complexity index is 2140. The van der Waals surface area contributed by atoms with E-state index in [9.17, 15) is 22.8 Å². The van der Waals surface area contributed by atoms with Gasteiger partial charge in [0.05, 0.1) is 22.9 Å². The first-order valence-electron chi connectivity index (χ1n) is 18.0. The van der Waals surface area contributed by atoms with Gasteiger partial charge in [-0.2, -0.15) is 0 Å². The van der Waals surface area contributed by atoms with Gasteiger partial charge in [0, 0.05) is 28.9 Å². The molecule has 12 heteroatoms. The van der Waals surface area contributed by atoms with Crippen LogP contribution >= 0.6 is 0 Å². The number of hydrogen-bond acceptors (Lipinski definition) is 9. The van der Waals surface area contributed by atoms with E-state index in [0.717, 1.165) is 36.6 Å². The van der Waals surface area contributed by atoms with Gasteiger partial charge in [0.1, 0.15) is 22.7 Å². The number of ether oxygens (including phenoxy) is 1. The lowest BCUT2D eigenvalue weighted by atomic mass is 9.86. The van der Waals surface area contributed by atoms with Crippen LogP contribution < -0.4 is 20.5 Å². The number of rotatable bonds is 6. The van der Waals surface area contributed by atoms with Crippen LogP contribution in [-0.4, -0.2) is 53.9 Å². The maximum absolute atomic E-state index is 14.3. The molecule has 3 aliphatic carbocycles. The summed E-state index contributed by atoms with van der Waals surface area (Å²) in [7, 11) is -3.84. The summed E-state index contributed by atoms with van der Waals surface area (Å²) in [4.78, 5) is 46.8. The van der Waals surface area contributed by atoms with Crippen molar-refractivity contribution in [3.63, 3.8) is 0 Å². The van der Waals surface area contributed by atoms with E-state index in [1.165, 1.54) is 0 Å². The monoisotopic (exact) mass is 710 g/mol. The van der Waals surface area contributed by atoms with Crippen molar-refractivity contribution in [2.24, 2.45) is 23.5 Å². The third-order valence-electron chi connectivity index (χ3n) is 11.0. The molecule has 0 bridgehead atoms. The second-order valence-electron chi connectivity index (χ2n) is 14.6. The van der Waals surface area contributed by atoms with E-state index in [2.05, 4.69) is 10.0 Å². The standard InChI is InChI=1S/C39H42N4O7S/c40-30-15-8-3-1-2-7-13-24-22-39(24,38(46)43-51(47,48)26-17-18-26)42-37(45)29-20-25(19-28(29)35(30)44)49-33-21-31(23-11-5-4-6-12-23)41-34-27-14-9-10-16-32(27)50-36(33)34/h4-7,9-14,16,21,24-26,28-30H,1-3,8,15,17-20,22,40H2,(H,42,45)(H,43,46)/b13-7-/t24-,25-,28?,29+,30-,39+/m0/s1. The molecule has 2 aromatic heterocycles. The van der Waals surface area contributed by atoms with Crippen molar-refractivity contribution >= 4 is 49.7 Å². The van der Waals surface area contributed by atoms with Gasteiger partial charge in [-0.25, -0.2) is 13.4 Å². The summed E-state index contributed by atoms with van der Waals surface area (Å²) >= 11 is 0. The Balaban J connectivity index is 1.12. The predicted octanol–water partition coefficient (Wildman–Crippen LogP) is 5.32. The Hall–Kier alpha value is -4.55. The van der Waals surface area contributed by atoms with E-state index < -0.39 is 56.6 Å². The van der Waals surface area contributed by atoms with Crippen LogP contribution in [0.2, 0.25) is 0 Å². The molecule has 0 spiro atoms. The van der Waals surface area contributed by atoms with Crippen molar-refractivity contribution in [3.8, 4) is 17.0 Å². The summed E-state index contributed by atoms with van der Waals surface area (Å²) < 4.78 is 40.8. The molecule has 6 atom stereocenters. The van der Waals surface area contributed by atoms with Crippen LogP contribution in [0.5, 0.6) is 5.75 Å². The molecular formula is C39H42N4O7S. The Morgan fingerprint density at radius 2 is 1.75 bits per heavy atom. The van der Waals surface area contributed by atoms with Gasteiger partial charge in [0.25, 0.3) is 5.91 Å². The van der Waals surface area contributed by atoms with E-state index in [1.54, 1.807) is 0 Å². The van der Waals surface area contributed by atoms with Crippen LogP contribution in [0.4, 0.5) is 0 Å². The molecule has 4 aromatic rings. The summed E-state index contributed by atoms with van der Waals surface area (Å²) in [5, 5.41) is 3.19. The van der Waals surface area contributed by atoms with Crippen LogP contribution in [0.15, 0.2) is 77.2 Å². The number of aromatic nitrogens is 1. The van der Waals surface area contributed by atoms with Crippen molar-refractivity contribution in [2.75, 3.05) is 0 Å². The number of amides is 2. The lowest BCUT2D eigenvalue weighted by Crippen LogP contribution is -2.54. The largest absolute Gasteiger partial charge is 0.486 e. The van der Waals surface area contributed by atoms with Gasteiger partial charge in [-0.15, -0.1) is 0 Å². The minimum atomic E-state index is -3.84. The van der Waals surface area contributed by atoms with Gasteiger partial charge < -0.3 is 20.2 Å². The number of Topliss-reactive ketones (excluding diaryl/α,β-unsaturated/α-hetero) is 1. The van der Waals surface area contributed by atoms with Gasteiger partial charge >= 0.3 is 0 Å². The average molecular weight is 711 g/mol. The van der Waals surface area contributed by atoms with E-state index in [0.29, 0.717) is 47.4 Å². The number of nitrogens with two attached hydrogens (primary N) is 1. The Kier molecular flexibility index (Phi) is 8.70. The molecule has 4 aliphatic rings. The van der Waals surface area contributed by atoms with E-state index in [-0.39, 0.29) is 31.0 Å². The van der Waals surface area contributed by atoms with Crippen LogP contribution in [0, 0.1) is 17.8 Å². The highest BCUT2D eigenvalue weighted by Gasteiger charge is 2.62. The number of benzene rings is 2. The molecule has 2 aromatic carbocycles. The number of pyridine rings is 1. The third-order valence-corrected chi connectivity index (χ3v) is 12.8. The van der Waals surface area contributed by atoms with Gasteiger partial charge in [0.15, 0.2) is 17.1 Å². The highest BCUT2D eigenvalue weighted by atomic mass is 32.2. The van der Waals surface area contributed by atoms with Crippen molar-refractivity contribution in [2.45, 2.75) is 87.1 Å². The molecule has 3 saturated carbocycles. The number of carbonyl (C=O) groups excluding carboxylic acids is 3. The number of ketones is 1. The fourth-order valence-corrected chi connectivity index (χ4v) is 9.19. The lowest BCUT2D eigenvalue weighted by Gasteiger charge is -2.24. The quantitative estimate of drug-likeness (QED) is 0.224. The molecule has 51 heavy (non-hydrogen) atoms. The SMILES string of the molecule is N[C@H]1CCCCC/C=C\[C@H]2C[C@@]2(C(=O)NS(=O)(=O)C2CC2)NC(=O)[C@@H]2C[C@@H](Oc3cc(-c4ccccc4)nc4c3oc3ccccc34)CC2C1=O. The minimum Gasteiger partial charge on any atom is -0.486 e.